The van der Waals surface area contributed by atoms with E-state index in [1.165, 1.54) is 218 Å². The van der Waals surface area contributed by atoms with Gasteiger partial charge in [-0.25, -0.2) is 9.13 Å². The number of rotatable bonds is 78. The van der Waals surface area contributed by atoms with E-state index in [0.717, 1.165) is 114 Å². The first-order chi connectivity index (χ1) is 48.1. The van der Waals surface area contributed by atoms with Gasteiger partial charge in [0.05, 0.1) is 26.4 Å². The second-order valence-corrected chi connectivity index (χ2v) is 34.0. The standard InChI is InChI=1S/C81H158O17P2/c1-71(2)57-49-41-33-25-19-13-9-10-16-23-29-39-47-55-63-80(85)97-76(67-91-78(83)61-53-45-37-28-22-17-11-14-20-26-34-42-50-58-72(3)4)69-95-99(87,88)93-65-75(82)66-94-100(89,90)96-70-77(68-92-79(84)62-54-46-38-32-31-36-44-52-60-74(7)8)98-81(86)64-56-48-40-30-24-18-12-15-21-27-35-43-51-59-73(5)6/h71-77,82H,9-70H2,1-8H3,(H,87,88)(H,89,90)/t75-,76-,77-/m1/s1. The van der Waals surface area contributed by atoms with E-state index in [2.05, 4.69) is 55.4 Å². The third-order valence-electron chi connectivity index (χ3n) is 18.8. The molecule has 0 aliphatic heterocycles. The Morgan fingerprint density at radius 2 is 0.420 bits per heavy atom. The van der Waals surface area contributed by atoms with E-state index in [1.54, 1.807) is 0 Å². The van der Waals surface area contributed by atoms with Crippen molar-refractivity contribution in [2.75, 3.05) is 39.6 Å². The van der Waals surface area contributed by atoms with Gasteiger partial charge >= 0.3 is 39.5 Å². The van der Waals surface area contributed by atoms with Gasteiger partial charge in [0.1, 0.15) is 19.3 Å². The number of phosphoric acid groups is 2. The summed E-state index contributed by atoms with van der Waals surface area (Å²) in [6.45, 7) is 14.3. The zero-order chi connectivity index (χ0) is 73.8. The van der Waals surface area contributed by atoms with Crippen LogP contribution in [0.5, 0.6) is 0 Å². The molecule has 19 heteroatoms. The second-order valence-electron chi connectivity index (χ2n) is 31.1. The minimum Gasteiger partial charge on any atom is -0.462 e. The van der Waals surface area contributed by atoms with Crippen molar-refractivity contribution in [3.05, 3.63) is 0 Å². The molecule has 3 N–H and O–H groups in total. The molecule has 0 aromatic rings. The largest absolute Gasteiger partial charge is 0.472 e. The van der Waals surface area contributed by atoms with E-state index in [4.69, 9.17) is 37.0 Å². The van der Waals surface area contributed by atoms with Gasteiger partial charge in [-0.05, 0) is 49.4 Å². The number of carbonyl (C=O) groups is 4. The molecule has 0 radical (unpaired) electrons. The minimum absolute atomic E-state index is 0.106. The maximum atomic E-state index is 13.1. The topological polar surface area (TPSA) is 237 Å². The van der Waals surface area contributed by atoms with Crippen LogP contribution in [0.2, 0.25) is 0 Å². The normalized spacial score (nSPS) is 14.0. The lowest BCUT2D eigenvalue weighted by Crippen LogP contribution is -2.30. The molecule has 0 aliphatic rings. The van der Waals surface area contributed by atoms with Gasteiger partial charge in [0.15, 0.2) is 12.2 Å². The fourth-order valence-corrected chi connectivity index (χ4v) is 14.0. The summed E-state index contributed by atoms with van der Waals surface area (Å²) >= 11 is 0. The van der Waals surface area contributed by atoms with Crippen LogP contribution in [0.15, 0.2) is 0 Å². The molecule has 0 heterocycles. The quantitative estimate of drug-likeness (QED) is 0.0222. The summed E-state index contributed by atoms with van der Waals surface area (Å²) in [6.07, 6.45) is 56.8. The Bertz CT molecular complexity index is 1950. The van der Waals surface area contributed by atoms with E-state index in [1.807, 2.05) is 0 Å². The highest BCUT2D eigenvalue weighted by Crippen LogP contribution is 2.45. The summed E-state index contributed by atoms with van der Waals surface area (Å²) < 4.78 is 68.7. The summed E-state index contributed by atoms with van der Waals surface area (Å²) in [4.78, 5) is 73.1. The lowest BCUT2D eigenvalue weighted by atomic mass is 10.0. The van der Waals surface area contributed by atoms with Gasteiger partial charge < -0.3 is 33.8 Å². The SMILES string of the molecule is CC(C)CCCCCCCCCCCCCCCCC(=O)O[C@H](COC(=O)CCCCCCCCCCCCCCCC(C)C)COP(=O)(O)OC[C@@H](O)COP(=O)(O)OC[C@@H](COC(=O)CCCCCCCCCCC(C)C)OC(=O)CCCCCCCCCCCCCCCC(C)C. The summed E-state index contributed by atoms with van der Waals surface area (Å²) in [7, 11) is -9.92. The predicted octanol–water partition coefficient (Wildman–Crippen LogP) is 24.0. The van der Waals surface area contributed by atoms with Gasteiger partial charge in [-0.1, -0.05) is 364 Å². The molecule has 0 aliphatic carbocycles. The van der Waals surface area contributed by atoms with Crippen LogP contribution in [-0.4, -0.2) is 96.7 Å². The summed E-state index contributed by atoms with van der Waals surface area (Å²) in [5.41, 5.74) is 0. The number of carbonyl (C=O) groups excluding carboxylic acids is 4. The maximum Gasteiger partial charge on any atom is 0.472 e. The fraction of sp³-hybridized carbons (Fsp3) is 0.951. The number of ether oxygens (including phenoxy) is 4. The Morgan fingerprint density at radius 3 is 0.620 bits per heavy atom. The molecule has 100 heavy (non-hydrogen) atoms. The average molecular weight is 1470 g/mol. The second kappa shape index (κ2) is 70.1. The summed E-state index contributed by atoms with van der Waals surface area (Å²) in [6, 6.07) is 0. The first-order valence-electron chi connectivity index (χ1n) is 41.7. The van der Waals surface area contributed by atoms with Gasteiger partial charge in [-0.2, -0.15) is 0 Å². The van der Waals surface area contributed by atoms with Crippen molar-refractivity contribution in [2.24, 2.45) is 23.7 Å². The highest BCUT2D eigenvalue weighted by atomic mass is 31.2. The van der Waals surface area contributed by atoms with Crippen molar-refractivity contribution in [1.82, 2.24) is 0 Å². The van der Waals surface area contributed by atoms with Gasteiger partial charge in [0, 0.05) is 25.7 Å². The third kappa shape index (κ3) is 74.3. The average Bonchev–Trinajstić information content (AvgIpc) is 0.913. The highest BCUT2D eigenvalue weighted by Gasteiger charge is 2.30. The molecule has 0 bridgehead atoms. The monoisotopic (exact) mass is 1470 g/mol. The molecule has 0 rings (SSSR count). The van der Waals surface area contributed by atoms with Crippen LogP contribution < -0.4 is 0 Å². The fourth-order valence-electron chi connectivity index (χ4n) is 12.4. The number of hydrogen-bond acceptors (Lipinski definition) is 15. The van der Waals surface area contributed by atoms with Crippen molar-refractivity contribution >= 4 is 39.5 Å². The summed E-state index contributed by atoms with van der Waals surface area (Å²) in [5, 5.41) is 10.6. The Morgan fingerprint density at radius 1 is 0.250 bits per heavy atom. The van der Waals surface area contributed by atoms with Gasteiger partial charge in [-0.3, -0.25) is 37.3 Å². The van der Waals surface area contributed by atoms with Crippen molar-refractivity contribution in [3.8, 4) is 0 Å². The van der Waals surface area contributed by atoms with Crippen LogP contribution in [-0.2, 0) is 65.4 Å². The van der Waals surface area contributed by atoms with Crippen molar-refractivity contribution in [1.29, 1.82) is 0 Å². The Labute approximate surface area is 613 Å². The molecule has 2 unspecified atom stereocenters. The Balaban J connectivity index is 5.26. The first kappa shape index (κ1) is 98.1. The molecule has 0 saturated carbocycles. The number of hydrogen-bond donors (Lipinski definition) is 3. The van der Waals surface area contributed by atoms with E-state index < -0.39 is 97.5 Å². The number of phosphoric ester groups is 2. The molecule has 0 aromatic carbocycles. The first-order valence-corrected chi connectivity index (χ1v) is 44.7. The van der Waals surface area contributed by atoms with Crippen molar-refractivity contribution < 1.29 is 80.2 Å². The smallest absolute Gasteiger partial charge is 0.462 e. The van der Waals surface area contributed by atoms with Crippen molar-refractivity contribution in [3.63, 3.8) is 0 Å². The number of aliphatic hydroxyl groups is 1. The van der Waals surface area contributed by atoms with Crippen LogP contribution in [0.3, 0.4) is 0 Å². The zero-order valence-corrected chi connectivity index (χ0v) is 67.6. The van der Waals surface area contributed by atoms with Gasteiger partial charge in [0.2, 0.25) is 0 Å². The molecule has 0 aromatic heterocycles. The zero-order valence-electron chi connectivity index (χ0n) is 65.8. The minimum atomic E-state index is -4.96. The van der Waals surface area contributed by atoms with E-state index in [0.29, 0.717) is 25.7 Å². The van der Waals surface area contributed by atoms with Crippen LogP contribution in [0.1, 0.15) is 415 Å². The molecule has 17 nitrogen and oxygen atoms in total. The maximum absolute atomic E-state index is 13.1. The molecule has 0 amide bonds. The van der Waals surface area contributed by atoms with E-state index >= 15 is 0 Å². The predicted molar refractivity (Wildman–Crippen MR) is 409 cm³/mol. The number of unbranched alkanes of at least 4 members (excludes halogenated alkanes) is 44. The molecule has 0 saturated heterocycles. The van der Waals surface area contributed by atoms with Crippen LogP contribution >= 0.6 is 15.6 Å². The number of esters is 4. The van der Waals surface area contributed by atoms with Gasteiger partial charge in [0.25, 0.3) is 0 Å². The lowest BCUT2D eigenvalue weighted by Gasteiger charge is -2.21. The van der Waals surface area contributed by atoms with E-state index in [-0.39, 0.29) is 25.7 Å². The third-order valence-corrected chi connectivity index (χ3v) is 20.7. The van der Waals surface area contributed by atoms with Crippen LogP contribution in [0.25, 0.3) is 0 Å². The van der Waals surface area contributed by atoms with E-state index in [9.17, 15) is 43.2 Å². The molecule has 0 fully saturated rings. The lowest BCUT2D eigenvalue weighted by molar-refractivity contribution is -0.161. The molecule has 594 valence electrons. The molecular formula is C81H158O17P2. The van der Waals surface area contributed by atoms with Crippen LogP contribution in [0.4, 0.5) is 0 Å². The molecule has 0 spiro atoms. The number of aliphatic hydroxyl groups excluding tert-OH is 1. The molecule has 5 atom stereocenters. The van der Waals surface area contributed by atoms with Gasteiger partial charge in [-0.15, -0.1) is 0 Å². The Kier molecular flexibility index (Phi) is 68.7. The van der Waals surface area contributed by atoms with Crippen LogP contribution in [0, 0.1) is 23.7 Å². The highest BCUT2D eigenvalue weighted by molar-refractivity contribution is 7.47. The van der Waals surface area contributed by atoms with Crippen molar-refractivity contribution in [2.45, 2.75) is 433 Å². The Hall–Kier alpha value is -1.94. The summed E-state index contributed by atoms with van der Waals surface area (Å²) in [5.74, 6) is 0.986. The molecular weight excluding hydrogens is 1310 g/mol.